The molecule has 0 unspecified atom stereocenters. The Bertz CT molecular complexity index is 461. The molecular formula is C14H23N3O3. The van der Waals surface area contributed by atoms with Crippen molar-refractivity contribution in [1.82, 2.24) is 4.90 Å². The first-order valence-electron chi connectivity index (χ1n) is 6.65. The highest BCUT2D eigenvalue weighted by Gasteiger charge is 2.19. The molecule has 1 aromatic rings. The summed E-state index contributed by atoms with van der Waals surface area (Å²) in [4.78, 5) is 14.7. The number of aliphatic hydroxyl groups is 1. The van der Waals surface area contributed by atoms with E-state index >= 15 is 0 Å². The second kappa shape index (κ2) is 7.21. The highest BCUT2D eigenvalue weighted by molar-refractivity contribution is 5.64. The van der Waals surface area contributed by atoms with E-state index in [-0.39, 0.29) is 5.69 Å². The summed E-state index contributed by atoms with van der Waals surface area (Å²) >= 11 is 0. The maximum absolute atomic E-state index is 11.2. The highest BCUT2D eigenvalue weighted by Crippen LogP contribution is 2.30. The molecule has 1 aromatic carbocycles. The van der Waals surface area contributed by atoms with Crippen LogP contribution in [0.5, 0.6) is 0 Å². The fraction of sp³-hybridized carbons (Fsp3) is 0.571. The molecule has 0 heterocycles. The van der Waals surface area contributed by atoms with Gasteiger partial charge in [0.1, 0.15) is 5.69 Å². The standard InChI is InChI=1S/C14H23N3O3/c1-11(18)12-6-7-13(14(10-12)17(19)20)16(4)9-5-8-15(2)3/h6-7,10-11,18H,5,8-9H2,1-4H3/t11-/m0/s1. The quantitative estimate of drug-likeness (QED) is 0.612. The molecule has 0 aliphatic heterocycles. The molecule has 1 N–H and O–H groups in total. The highest BCUT2D eigenvalue weighted by atomic mass is 16.6. The lowest BCUT2D eigenvalue weighted by Gasteiger charge is -2.21. The molecule has 0 aliphatic carbocycles. The van der Waals surface area contributed by atoms with E-state index in [0.717, 1.165) is 19.5 Å². The van der Waals surface area contributed by atoms with Crippen LogP contribution in [-0.4, -0.2) is 49.2 Å². The third-order valence-electron chi connectivity index (χ3n) is 3.19. The Hall–Kier alpha value is -1.66. The van der Waals surface area contributed by atoms with Crippen molar-refractivity contribution < 1.29 is 10.0 Å². The molecule has 112 valence electrons. The Balaban J connectivity index is 2.90. The van der Waals surface area contributed by atoms with Crippen LogP contribution in [0.4, 0.5) is 11.4 Å². The monoisotopic (exact) mass is 281 g/mol. The van der Waals surface area contributed by atoms with E-state index in [1.807, 2.05) is 26.0 Å². The number of nitro benzene ring substituents is 1. The van der Waals surface area contributed by atoms with Gasteiger partial charge >= 0.3 is 0 Å². The molecular weight excluding hydrogens is 258 g/mol. The zero-order valence-electron chi connectivity index (χ0n) is 12.5. The van der Waals surface area contributed by atoms with Crippen LogP contribution in [0.3, 0.4) is 0 Å². The van der Waals surface area contributed by atoms with Crippen LogP contribution >= 0.6 is 0 Å². The van der Waals surface area contributed by atoms with Crippen LogP contribution < -0.4 is 4.90 Å². The molecule has 0 amide bonds. The summed E-state index contributed by atoms with van der Waals surface area (Å²) in [6.45, 7) is 3.27. The molecule has 6 heteroatoms. The van der Waals surface area contributed by atoms with Crippen LogP contribution in [-0.2, 0) is 0 Å². The Labute approximate surface area is 119 Å². The molecule has 0 saturated carbocycles. The van der Waals surface area contributed by atoms with Crippen molar-refractivity contribution in [1.29, 1.82) is 0 Å². The Morgan fingerprint density at radius 3 is 2.45 bits per heavy atom. The van der Waals surface area contributed by atoms with Crippen LogP contribution in [0.15, 0.2) is 18.2 Å². The van der Waals surface area contributed by atoms with Gasteiger partial charge in [-0.15, -0.1) is 0 Å². The van der Waals surface area contributed by atoms with E-state index in [4.69, 9.17) is 0 Å². The van der Waals surface area contributed by atoms with Crippen molar-refractivity contribution in [2.75, 3.05) is 39.1 Å². The molecule has 0 spiro atoms. The first-order chi connectivity index (χ1) is 9.32. The van der Waals surface area contributed by atoms with Gasteiger partial charge in [0.2, 0.25) is 0 Å². The first kappa shape index (κ1) is 16.4. The Morgan fingerprint density at radius 1 is 1.30 bits per heavy atom. The molecule has 0 radical (unpaired) electrons. The van der Waals surface area contributed by atoms with E-state index in [9.17, 15) is 15.2 Å². The number of hydrogen-bond donors (Lipinski definition) is 1. The van der Waals surface area contributed by atoms with Crippen LogP contribution in [0, 0.1) is 10.1 Å². The maximum Gasteiger partial charge on any atom is 0.292 e. The number of aliphatic hydroxyl groups excluding tert-OH is 1. The van der Waals surface area contributed by atoms with Gasteiger partial charge in [-0.2, -0.15) is 0 Å². The summed E-state index contributed by atoms with van der Waals surface area (Å²) in [6, 6.07) is 4.88. The van der Waals surface area contributed by atoms with Crippen molar-refractivity contribution in [2.24, 2.45) is 0 Å². The predicted molar refractivity (Wildman–Crippen MR) is 80.2 cm³/mol. The minimum absolute atomic E-state index is 0.0377. The third kappa shape index (κ3) is 4.47. The molecule has 6 nitrogen and oxygen atoms in total. The van der Waals surface area contributed by atoms with Gasteiger partial charge in [-0.05, 0) is 45.6 Å². The number of nitrogens with zero attached hydrogens (tertiary/aromatic N) is 3. The minimum Gasteiger partial charge on any atom is -0.389 e. The van der Waals surface area contributed by atoms with Crippen molar-refractivity contribution >= 4 is 11.4 Å². The van der Waals surface area contributed by atoms with Crippen molar-refractivity contribution in [2.45, 2.75) is 19.4 Å². The lowest BCUT2D eigenvalue weighted by atomic mass is 10.1. The fourth-order valence-corrected chi connectivity index (χ4v) is 2.01. The van der Waals surface area contributed by atoms with Gasteiger partial charge in [0.15, 0.2) is 0 Å². The van der Waals surface area contributed by atoms with Crippen LogP contribution in [0.2, 0.25) is 0 Å². The summed E-state index contributed by atoms with van der Waals surface area (Å²) in [6.07, 6.45) is 0.223. The second-order valence-corrected chi connectivity index (χ2v) is 5.26. The van der Waals surface area contributed by atoms with Gasteiger partial charge in [-0.1, -0.05) is 6.07 Å². The molecule has 0 aliphatic rings. The number of hydrogen-bond acceptors (Lipinski definition) is 5. The number of rotatable bonds is 7. The first-order valence-corrected chi connectivity index (χ1v) is 6.65. The van der Waals surface area contributed by atoms with Gasteiger partial charge in [-0.3, -0.25) is 10.1 Å². The molecule has 0 aromatic heterocycles. The van der Waals surface area contributed by atoms with Crippen molar-refractivity contribution in [3.63, 3.8) is 0 Å². The molecule has 0 bridgehead atoms. The fourth-order valence-electron chi connectivity index (χ4n) is 2.01. The van der Waals surface area contributed by atoms with Gasteiger partial charge in [0, 0.05) is 19.7 Å². The topological polar surface area (TPSA) is 69.8 Å². The van der Waals surface area contributed by atoms with Gasteiger partial charge < -0.3 is 14.9 Å². The van der Waals surface area contributed by atoms with Crippen molar-refractivity contribution in [3.05, 3.63) is 33.9 Å². The van der Waals surface area contributed by atoms with E-state index in [0.29, 0.717) is 11.3 Å². The van der Waals surface area contributed by atoms with Gasteiger partial charge in [-0.25, -0.2) is 0 Å². The molecule has 0 fully saturated rings. The van der Waals surface area contributed by atoms with Crippen LogP contribution in [0.25, 0.3) is 0 Å². The van der Waals surface area contributed by atoms with E-state index in [2.05, 4.69) is 4.90 Å². The smallest absolute Gasteiger partial charge is 0.292 e. The van der Waals surface area contributed by atoms with E-state index < -0.39 is 11.0 Å². The SMILES string of the molecule is C[C@H](O)c1ccc(N(C)CCCN(C)C)c([N+](=O)[O-])c1. The summed E-state index contributed by atoms with van der Waals surface area (Å²) in [5.74, 6) is 0. The number of nitro groups is 1. The maximum atomic E-state index is 11.2. The average molecular weight is 281 g/mol. The van der Waals surface area contributed by atoms with Gasteiger partial charge in [0.25, 0.3) is 5.69 Å². The summed E-state index contributed by atoms with van der Waals surface area (Å²) in [5.41, 5.74) is 1.18. The summed E-state index contributed by atoms with van der Waals surface area (Å²) in [5, 5.41) is 20.7. The largest absolute Gasteiger partial charge is 0.389 e. The Morgan fingerprint density at radius 2 is 1.95 bits per heavy atom. The van der Waals surface area contributed by atoms with Crippen LogP contribution in [0.1, 0.15) is 25.0 Å². The zero-order valence-corrected chi connectivity index (χ0v) is 12.5. The lowest BCUT2D eigenvalue weighted by molar-refractivity contribution is -0.384. The zero-order chi connectivity index (χ0) is 15.3. The molecule has 1 atom stereocenters. The molecule has 20 heavy (non-hydrogen) atoms. The molecule has 1 rings (SSSR count). The lowest BCUT2D eigenvalue weighted by Crippen LogP contribution is -2.24. The Kier molecular flexibility index (Phi) is 5.91. The van der Waals surface area contributed by atoms with E-state index in [1.165, 1.54) is 6.07 Å². The van der Waals surface area contributed by atoms with Crippen molar-refractivity contribution in [3.8, 4) is 0 Å². The third-order valence-corrected chi connectivity index (χ3v) is 3.19. The normalized spacial score (nSPS) is 12.5. The summed E-state index contributed by atoms with van der Waals surface area (Å²) < 4.78 is 0. The summed E-state index contributed by atoms with van der Waals surface area (Å²) in [7, 11) is 5.85. The minimum atomic E-state index is -0.707. The van der Waals surface area contributed by atoms with E-state index in [1.54, 1.807) is 19.1 Å². The predicted octanol–water partition coefficient (Wildman–Crippen LogP) is 2.04. The average Bonchev–Trinajstić information content (AvgIpc) is 2.37. The molecule has 0 saturated heterocycles. The number of benzene rings is 1. The van der Waals surface area contributed by atoms with Gasteiger partial charge in [0.05, 0.1) is 11.0 Å². The number of anilines is 1. The second-order valence-electron chi connectivity index (χ2n) is 5.26.